The molecule has 0 aliphatic carbocycles. The summed E-state index contributed by atoms with van der Waals surface area (Å²) >= 11 is 0. The predicted octanol–water partition coefficient (Wildman–Crippen LogP) is 4.84. The Morgan fingerprint density at radius 3 is 2.38 bits per heavy atom. The molecule has 1 spiro atoms. The molecule has 0 N–H and O–H groups in total. The second kappa shape index (κ2) is 10.5. The summed E-state index contributed by atoms with van der Waals surface area (Å²) in [6.45, 7) is 4.06. The Hall–Kier alpha value is -2.96. The van der Waals surface area contributed by atoms with Gasteiger partial charge in [0, 0.05) is 19.6 Å². The van der Waals surface area contributed by atoms with Crippen LogP contribution in [0.1, 0.15) is 54.9 Å². The monoisotopic (exact) mass is 470 g/mol. The highest BCUT2D eigenvalue weighted by Gasteiger charge is 2.44. The molecule has 0 bridgehead atoms. The molecule has 2 aliphatic rings. The lowest BCUT2D eigenvalue weighted by Gasteiger charge is -2.43. The molecule has 2 amide bonds. The molecule has 182 valence electrons. The van der Waals surface area contributed by atoms with Crippen molar-refractivity contribution in [3.63, 3.8) is 0 Å². The molecule has 0 saturated carbocycles. The van der Waals surface area contributed by atoms with Gasteiger partial charge in [-0.25, -0.2) is 8.78 Å². The van der Waals surface area contributed by atoms with Crippen molar-refractivity contribution in [1.82, 2.24) is 9.80 Å². The number of nitrogens with zero attached hydrogens (tertiary/aromatic N) is 2. The fraction of sp³-hybridized carbons (Fsp3) is 0.481. The van der Waals surface area contributed by atoms with Crippen LogP contribution in [-0.4, -0.2) is 54.4 Å². The van der Waals surface area contributed by atoms with Crippen LogP contribution in [-0.2, 0) is 11.2 Å². The van der Waals surface area contributed by atoms with Crippen LogP contribution < -0.4 is 4.74 Å². The fourth-order valence-corrected chi connectivity index (χ4v) is 5.20. The van der Waals surface area contributed by atoms with E-state index in [1.54, 1.807) is 0 Å². The van der Waals surface area contributed by atoms with E-state index in [1.807, 2.05) is 30.0 Å². The van der Waals surface area contributed by atoms with E-state index >= 15 is 0 Å². The van der Waals surface area contributed by atoms with Crippen LogP contribution in [0.15, 0.2) is 42.5 Å². The quantitative estimate of drug-likeness (QED) is 0.631. The molecule has 34 heavy (non-hydrogen) atoms. The number of likely N-dealkylation sites (N-methyl/N-ethyl adjacent to an activating group) is 1. The molecule has 1 saturated heterocycles. The molecular weight excluding hydrogens is 438 g/mol. The van der Waals surface area contributed by atoms with Gasteiger partial charge in [-0.15, -0.1) is 0 Å². The molecule has 2 heterocycles. The van der Waals surface area contributed by atoms with Crippen molar-refractivity contribution in [1.29, 1.82) is 0 Å². The maximum Gasteiger partial charge on any atom is 0.259 e. The summed E-state index contributed by atoms with van der Waals surface area (Å²) in [6, 6.07) is 11.5. The van der Waals surface area contributed by atoms with Gasteiger partial charge < -0.3 is 14.5 Å². The third-order valence-electron chi connectivity index (χ3n) is 7.25. The summed E-state index contributed by atoms with van der Waals surface area (Å²) in [5.74, 6) is -1.39. The molecule has 2 aromatic carbocycles. The average Bonchev–Trinajstić information content (AvgIpc) is 2.84. The number of piperidine rings is 1. The highest BCUT2D eigenvalue weighted by atomic mass is 19.1. The predicted molar refractivity (Wildman–Crippen MR) is 126 cm³/mol. The molecule has 5 nitrogen and oxygen atoms in total. The zero-order chi connectivity index (χ0) is 24.1. The lowest BCUT2D eigenvalue weighted by Crippen LogP contribution is -2.52. The zero-order valence-corrected chi connectivity index (χ0v) is 19.7. The Morgan fingerprint density at radius 2 is 1.68 bits per heavy atom. The van der Waals surface area contributed by atoms with Crippen LogP contribution >= 0.6 is 0 Å². The average molecular weight is 471 g/mol. The van der Waals surface area contributed by atoms with Gasteiger partial charge in [-0.2, -0.15) is 0 Å². The van der Waals surface area contributed by atoms with E-state index in [9.17, 15) is 18.4 Å². The van der Waals surface area contributed by atoms with Crippen molar-refractivity contribution >= 4 is 11.8 Å². The molecule has 0 aromatic heterocycles. The zero-order valence-electron chi connectivity index (χ0n) is 19.7. The van der Waals surface area contributed by atoms with Gasteiger partial charge in [-0.05, 0) is 62.8 Å². The summed E-state index contributed by atoms with van der Waals surface area (Å²) < 4.78 is 34.3. The number of ether oxygens (including phenoxy) is 1. The van der Waals surface area contributed by atoms with Crippen LogP contribution in [0.3, 0.4) is 0 Å². The van der Waals surface area contributed by atoms with Crippen LogP contribution in [0.4, 0.5) is 8.78 Å². The Morgan fingerprint density at radius 1 is 0.971 bits per heavy atom. The summed E-state index contributed by atoms with van der Waals surface area (Å²) in [5, 5.41) is 0. The minimum absolute atomic E-state index is 0.0941. The fourth-order valence-electron chi connectivity index (χ4n) is 5.20. The van der Waals surface area contributed by atoms with Crippen molar-refractivity contribution in [2.24, 2.45) is 5.41 Å². The first-order valence-electron chi connectivity index (χ1n) is 12.2. The number of halogens is 2. The Balaban J connectivity index is 1.50. The maximum atomic E-state index is 14.2. The Labute approximate surface area is 199 Å². The van der Waals surface area contributed by atoms with E-state index in [0.29, 0.717) is 45.6 Å². The highest BCUT2D eigenvalue weighted by Crippen LogP contribution is 2.40. The molecule has 0 unspecified atom stereocenters. The first-order chi connectivity index (χ1) is 16.4. The van der Waals surface area contributed by atoms with Gasteiger partial charge in [0.2, 0.25) is 5.91 Å². The van der Waals surface area contributed by atoms with Gasteiger partial charge in [0.1, 0.15) is 29.6 Å². The number of amides is 2. The number of aryl methyl sites for hydroxylation is 1. The lowest BCUT2D eigenvalue weighted by atomic mass is 9.73. The minimum Gasteiger partial charge on any atom is -0.491 e. The number of hydrogen-bond donors (Lipinski definition) is 0. The molecule has 2 aromatic rings. The van der Waals surface area contributed by atoms with Crippen molar-refractivity contribution < 1.29 is 23.1 Å². The van der Waals surface area contributed by atoms with Gasteiger partial charge in [0.05, 0.1) is 12.0 Å². The molecule has 1 fully saturated rings. The van der Waals surface area contributed by atoms with E-state index in [1.165, 1.54) is 16.5 Å². The van der Waals surface area contributed by atoms with Gasteiger partial charge in [-0.3, -0.25) is 9.59 Å². The third-order valence-corrected chi connectivity index (χ3v) is 7.25. The maximum absolute atomic E-state index is 14.2. The largest absolute Gasteiger partial charge is 0.491 e. The van der Waals surface area contributed by atoms with E-state index in [2.05, 4.69) is 6.07 Å². The van der Waals surface area contributed by atoms with Crippen molar-refractivity contribution in [2.75, 3.05) is 32.8 Å². The number of hydrogen-bond acceptors (Lipinski definition) is 3. The van der Waals surface area contributed by atoms with E-state index in [0.717, 1.165) is 43.6 Å². The SMILES string of the molecule is CCN1CCOc2ccccc2CCCCC2(CCN(C(=O)c3c(F)cccc3F)CC2)C1=O. The van der Waals surface area contributed by atoms with Crippen molar-refractivity contribution in [3.8, 4) is 5.75 Å². The van der Waals surface area contributed by atoms with Crippen molar-refractivity contribution in [3.05, 3.63) is 65.2 Å². The summed E-state index contributed by atoms with van der Waals surface area (Å²) in [4.78, 5) is 29.9. The summed E-state index contributed by atoms with van der Waals surface area (Å²) in [7, 11) is 0. The number of fused-ring (bicyclic) bond motifs is 1. The molecular formula is C27H32F2N2O3. The summed E-state index contributed by atoms with van der Waals surface area (Å²) in [6.07, 6.45) is 4.41. The van der Waals surface area contributed by atoms with Gasteiger partial charge in [-0.1, -0.05) is 30.7 Å². The van der Waals surface area contributed by atoms with Crippen LogP contribution in [0.25, 0.3) is 0 Å². The molecule has 0 atom stereocenters. The van der Waals surface area contributed by atoms with Crippen LogP contribution in [0.2, 0.25) is 0 Å². The second-order valence-corrected chi connectivity index (χ2v) is 9.22. The number of likely N-dealkylation sites (tertiary alicyclic amines) is 1. The first kappa shape index (κ1) is 24.2. The Kier molecular flexibility index (Phi) is 7.49. The standard InChI is InChI=1S/C27H32F2N2O3/c1-2-30-18-19-34-23-12-4-3-8-20(23)9-5-6-13-27(26(30)33)14-16-31(17-15-27)25(32)24-21(28)10-7-11-22(24)29/h3-4,7-8,10-12H,2,5-6,9,13-19H2,1H3. The minimum atomic E-state index is -0.857. The van der Waals surface area contributed by atoms with Crippen LogP contribution in [0, 0.1) is 17.0 Å². The van der Waals surface area contributed by atoms with E-state index < -0.39 is 28.5 Å². The summed E-state index contributed by atoms with van der Waals surface area (Å²) in [5.41, 5.74) is 0.0903. The van der Waals surface area contributed by atoms with Crippen LogP contribution in [0.5, 0.6) is 5.75 Å². The van der Waals surface area contributed by atoms with E-state index in [4.69, 9.17) is 4.74 Å². The topological polar surface area (TPSA) is 49.9 Å². The van der Waals surface area contributed by atoms with E-state index in [-0.39, 0.29) is 5.91 Å². The number of carbonyl (C=O) groups excluding carboxylic acids is 2. The first-order valence-corrected chi connectivity index (χ1v) is 12.2. The van der Waals surface area contributed by atoms with Gasteiger partial charge in [0.25, 0.3) is 5.91 Å². The number of para-hydroxylation sites is 1. The second-order valence-electron chi connectivity index (χ2n) is 9.22. The lowest BCUT2D eigenvalue weighted by molar-refractivity contribution is -0.145. The highest BCUT2D eigenvalue weighted by molar-refractivity contribution is 5.95. The van der Waals surface area contributed by atoms with Gasteiger partial charge in [0.15, 0.2) is 0 Å². The van der Waals surface area contributed by atoms with Gasteiger partial charge >= 0.3 is 0 Å². The molecule has 0 radical (unpaired) electrons. The molecule has 2 aliphatic heterocycles. The normalized spacial score (nSPS) is 19.1. The molecule has 7 heteroatoms. The number of benzene rings is 2. The number of carbonyl (C=O) groups is 2. The number of rotatable bonds is 2. The van der Waals surface area contributed by atoms with Crippen molar-refractivity contribution in [2.45, 2.75) is 45.4 Å². The smallest absolute Gasteiger partial charge is 0.259 e. The Bertz CT molecular complexity index is 1010. The molecule has 4 rings (SSSR count). The third kappa shape index (κ3) is 4.93.